The van der Waals surface area contributed by atoms with Gasteiger partial charge in [-0.2, -0.15) is 0 Å². The molecule has 0 saturated heterocycles. The topological polar surface area (TPSA) is 40.7 Å². The molecule has 2 N–H and O–H groups in total. The second-order valence-corrected chi connectivity index (χ2v) is 5.14. The molecule has 0 saturated carbocycles. The molecule has 19 heavy (non-hydrogen) atoms. The van der Waals surface area contributed by atoms with Gasteiger partial charge in [-0.05, 0) is 50.1 Å². The van der Waals surface area contributed by atoms with Crippen LogP contribution in [0.4, 0.5) is 0 Å². The first kappa shape index (κ1) is 13.8. The number of hydrogen-bond donors (Lipinski definition) is 2. The summed E-state index contributed by atoms with van der Waals surface area (Å²) >= 11 is 0. The number of likely N-dealkylation sites (N-methyl/N-ethyl adjacent to an activating group) is 1. The molecule has 1 heterocycles. The van der Waals surface area contributed by atoms with Crippen LogP contribution in [0, 0.1) is 13.8 Å². The number of benzene rings is 1. The molecule has 0 aliphatic rings. The number of aromatic nitrogens is 2. The van der Waals surface area contributed by atoms with Crippen LogP contribution in [-0.4, -0.2) is 23.6 Å². The molecule has 1 unspecified atom stereocenters. The van der Waals surface area contributed by atoms with Crippen LogP contribution >= 0.6 is 0 Å². The summed E-state index contributed by atoms with van der Waals surface area (Å²) in [7, 11) is 1.98. The molecule has 102 valence electrons. The highest BCUT2D eigenvalue weighted by molar-refractivity contribution is 5.60. The smallest absolute Gasteiger partial charge is 0.110 e. The molecule has 0 radical (unpaired) electrons. The first-order chi connectivity index (χ1) is 9.15. The molecule has 1 atom stereocenters. The SMILES string of the molecule is CCC(CNC)c1ncc(-c2ccc(C)c(C)c2)[nH]1. The monoisotopic (exact) mass is 257 g/mol. The Kier molecular flexibility index (Phi) is 4.38. The van der Waals surface area contributed by atoms with Gasteiger partial charge in [0.25, 0.3) is 0 Å². The van der Waals surface area contributed by atoms with E-state index in [-0.39, 0.29) is 0 Å². The Morgan fingerprint density at radius 3 is 2.68 bits per heavy atom. The second-order valence-electron chi connectivity index (χ2n) is 5.14. The van der Waals surface area contributed by atoms with Crippen molar-refractivity contribution in [3.05, 3.63) is 41.3 Å². The lowest BCUT2D eigenvalue weighted by molar-refractivity contribution is 0.586. The molecule has 2 aromatic rings. The summed E-state index contributed by atoms with van der Waals surface area (Å²) in [6.45, 7) is 7.43. The van der Waals surface area contributed by atoms with Gasteiger partial charge in [0.1, 0.15) is 5.82 Å². The van der Waals surface area contributed by atoms with E-state index < -0.39 is 0 Å². The van der Waals surface area contributed by atoms with Crippen LogP contribution in [0.5, 0.6) is 0 Å². The third kappa shape index (κ3) is 3.04. The normalized spacial score (nSPS) is 12.6. The predicted octanol–water partition coefficient (Wildman–Crippen LogP) is 3.41. The van der Waals surface area contributed by atoms with Gasteiger partial charge < -0.3 is 10.3 Å². The van der Waals surface area contributed by atoms with Crippen molar-refractivity contribution in [2.45, 2.75) is 33.1 Å². The maximum Gasteiger partial charge on any atom is 0.110 e. The number of imidazole rings is 1. The summed E-state index contributed by atoms with van der Waals surface area (Å²) in [5, 5.41) is 3.22. The van der Waals surface area contributed by atoms with Gasteiger partial charge in [0.05, 0.1) is 11.9 Å². The number of H-pyrrole nitrogens is 1. The van der Waals surface area contributed by atoms with Crippen molar-refractivity contribution in [2.75, 3.05) is 13.6 Å². The Morgan fingerprint density at radius 1 is 1.26 bits per heavy atom. The fraction of sp³-hybridized carbons (Fsp3) is 0.438. The van der Waals surface area contributed by atoms with Crippen molar-refractivity contribution in [2.24, 2.45) is 0 Å². The van der Waals surface area contributed by atoms with Gasteiger partial charge in [0.2, 0.25) is 0 Å². The highest BCUT2D eigenvalue weighted by atomic mass is 14.9. The maximum atomic E-state index is 4.54. The van der Waals surface area contributed by atoms with Gasteiger partial charge in [-0.3, -0.25) is 0 Å². The Labute approximate surface area is 115 Å². The highest BCUT2D eigenvalue weighted by Crippen LogP contribution is 2.23. The molecule has 0 amide bonds. The molecule has 2 rings (SSSR count). The second kappa shape index (κ2) is 6.02. The number of aryl methyl sites for hydroxylation is 2. The summed E-state index contributed by atoms with van der Waals surface area (Å²) in [4.78, 5) is 8.00. The van der Waals surface area contributed by atoms with E-state index in [1.807, 2.05) is 13.2 Å². The van der Waals surface area contributed by atoms with E-state index in [2.05, 4.69) is 54.3 Å². The van der Waals surface area contributed by atoms with Crippen LogP contribution in [0.15, 0.2) is 24.4 Å². The van der Waals surface area contributed by atoms with E-state index in [1.54, 1.807) is 0 Å². The number of hydrogen-bond acceptors (Lipinski definition) is 2. The van der Waals surface area contributed by atoms with E-state index in [0.717, 1.165) is 24.5 Å². The van der Waals surface area contributed by atoms with Crippen molar-refractivity contribution in [1.82, 2.24) is 15.3 Å². The Balaban J connectivity index is 2.27. The molecule has 3 nitrogen and oxygen atoms in total. The van der Waals surface area contributed by atoms with E-state index in [0.29, 0.717) is 5.92 Å². The lowest BCUT2D eigenvalue weighted by Gasteiger charge is -2.11. The first-order valence-corrected chi connectivity index (χ1v) is 6.92. The molecule has 1 aromatic heterocycles. The van der Waals surface area contributed by atoms with E-state index in [4.69, 9.17) is 0 Å². The van der Waals surface area contributed by atoms with Crippen molar-refractivity contribution in [3.8, 4) is 11.3 Å². The zero-order chi connectivity index (χ0) is 13.8. The van der Waals surface area contributed by atoms with Crippen LogP contribution in [0.3, 0.4) is 0 Å². The minimum absolute atomic E-state index is 0.449. The molecule has 0 fully saturated rings. The Bertz CT molecular complexity index is 543. The van der Waals surface area contributed by atoms with Gasteiger partial charge in [-0.15, -0.1) is 0 Å². The van der Waals surface area contributed by atoms with Crippen LogP contribution in [0.2, 0.25) is 0 Å². The van der Waals surface area contributed by atoms with Crippen molar-refractivity contribution < 1.29 is 0 Å². The highest BCUT2D eigenvalue weighted by Gasteiger charge is 2.13. The zero-order valence-corrected chi connectivity index (χ0v) is 12.2. The summed E-state index contributed by atoms with van der Waals surface area (Å²) in [6.07, 6.45) is 3.03. The van der Waals surface area contributed by atoms with Crippen LogP contribution in [0.25, 0.3) is 11.3 Å². The Morgan fingerprint density at radius 2 is 2.05 bits per heavy atom. The first-order valence-electron chi connectivity index (χ1n) is 6.92. The van der Waals surface area contributed by atoms with E-state index in [1.165, 1.54) is 16.7 Å². The van der Waals surface area contributed by atoms with E-state index >= 15 is 0 Å². The fourth-order valence-electron chi connectivity index (χ4n) is 2.28. The molecular weight excluding hydrogens is 234 g/mol. The molecule has 0 aliphatic carbocycles. The molecule has 0 spiro atoms. The van der Waals surface area contributed by atoms with Gasteiger partial charge in [0, 0.05) is 12.5 Å². The van der Waals surface area contributed by atoms with Gasteiger partial charge in [-0.1, -0.05) is 19.1 Å². The van der Waals surface area contributed by atoms with Crippen LogP contribution in [0.1, 0.15) is 36.2 Å². The van der Waals surface area contributed by atoms with Crippen molar-refractivity contribution in [1.29, 1.82) is 0 Å². The summed E-state index contributed by atoms with van der Waals surface area (Å²) in [5.41, 5.74) is 4.95. The summed E-state index contributed by atoms with van der Waals surface area (Å²) in [6, 6.07) is 6.53. The zero-order valence-electron chi connectivity index (χ0n) is 12.2. The lowest BCUT2D eigenvalue weighted by atomic mass is 10.0. The van der Waals surface area contributed by atoms with Crippen molar-refractivity contribution >= 4 is 0 Å². The minimum Gasteiger partial charge on any atom is -0.342 e. The quantitative estimate of drug-likeness (QED) is 0.862. The third-order valence-corrected chi connectivity index (χ3v) is 3.74. The van der Waals surface area contributed by atoms with Crippen LogP contribution in [-0.2, 0) is 0 Å². The average molecular weight is 257 g/mol. The molecule has 1 aromatic carbocycles. The molecule has 0 aliphatic heterocycles. The average Bonchev–Trinajstić information content (AvgIpc) is 2.88. The number of nitrogens with zero attached hydrogens (tertiary/aromatic N) is 1. The molecule has 0 bridgehead atoms. The summed E-state index contributed by atoms with van der Waals surface area (Å²) in [5.74, 6) is 1.52. The predicted molar refractivity (Wildman–Crippen MR) is 80.5 cm³/mol. The van der Waals surface area contributed by atoms with Gasteiger partial charge >= 0.3 is 0 Å². The Hall–Kier alpha value is -1.61. The van der Waals surface area contributed by atoms with Crippen LogP contribution < -0.4 is 5.32 Å². The molecule has 3 heteroatoms. The third-order valence-electron chi connectivity index (χ3n) is 3.74. The molecular formula is C16H23N3. The largest absolute Gasteiger partial charge is 0.342 e. The van der Waals surface area contributed by atoms with Crippen molar-refractivity contribution in [3.63, 3.8) is 0 Å². The summed E-state index contributed by atoms with van der Waals surface area (Å²) < 4.78 is 0. The minimum atomic E-state index is 0.449. The standard InChI is InChI=1S/C16H23N3/c1-5-13(9-17-4)16-18-10-15(19-16)14-7-6-11(2)12(3)8-14/h6-8,10,13,17H,5,9H2,1-4H3,(H,18,19). The van der Waals surface area contributed by atoms with E-state index in [9.17, 15) is 0 Å². The van der Waals surface area contributed by atoms with Gasteiger partial charge in [-0.25, -0.2) is 4.98 Å². The number of aromatic amines is 1. The maximum absolute atomic E-state index is 4.54. The fourth-order valence-corrected chi connectivity index (χ4v) is 2.28. The lowest BCUT2D eigenvalue weighted by Crippen LogP contribution is -2.17. The number of rotatable bonds is 5. The van der Waals surface area contributed by atoms with Gasteiger partial charge in [0.15, 0.2) is 0 Å². The number of nitrogens with one attached hydrogen (secondary N) is 2.